The van der Waals surface area contributed by atoms with Gasteiger partial charge in [-0.3, -0.25) is 14.6 Å². The Morgan fingerprint density at radius 2 is 1.98 bits per heavy atom. The van der Waals surface area contributed by atoms with Crippen molar-refractivity contribution in [3.63, 3.8) is 0 Å². The Morgan fingerprint density at radius 3 is 2.61 bits per heavy atom. The van der Waals surface area contributed by atoms with Gasteiger partial charge in [-0.1, -0.05) is 30.9 Å². The second-order valence-electron chi connectivity index (χ2n) is 10.3. The van der Waals surface area contributed by atoms with Gasteiger partial charge >= 0.3 is 11.3 Å². The third kappa shape index (κ3) is 4.30. The zero-order valence-corrected chi connectivity index (χ0v) is 23.6. The molecule has 1 fully saturated rings. The smallest absolute Gasteiger partial charge is 0.349 e. The first-order chi connectivity index (χ1) is 19.7. The first-order valence-electron chi connectivity index (χ1n) is 13.5. The fraction of sp³-hybridized carbons (Fsp3) is 0.290. The number of piperazine rings is 1. The van der Waals surface area contributed by atoms with Gasteiger partial charge in [0.1, 0.15) is 17.1 Å². The number of aldehydes is 1. The van der Waals surface area contributed by atoms with E-state index in [1.807, 2.05) is 38.7 Å². The third-order valence-electron chi connectivity index (χ3n) is 8.01. The number of aromatic nitrogens is 3. The number of hydrogen-bond acceptors (Lipinski definition) is 6. The first-order valence-corrected chi connectivity index (χ1v) is 13.5. The van der Waals surface area contributed by atoms with Gasteiger partial charge in [0.15, 0.2) is 29.3 Å². The molecule has 2 atom stereocenters. The average Bonchev–Trinajstić information content (AvgIpc) is 2.98. The van der Waals surface area contributed by atoms with Crippen LogP contribution >= 0.6 is 0 Å². The molecule has 0 N–H and O–H groups in total. The topological polar surface area (TPSA) is 91.8 Å². The van der Waals surface area contributed by atoms with Crippen LogP contribution in [0.4, 0.5) is 10.2 Å². The van der Waals surface area contributed by atoms with Crippen LogP contribution < -0.4 is 15.2 Å². The summed E-state index contributed by atoms with van der Waals surface area (Å²) < 4.78 is 19.6. The maximum atomic E-state index is 16.4. The molecule has 41 heavy (non-hydrogen) atoms. The molecule has 1 saturated heterocycles. The van der Waals surface area contributed by atoms with E-state index in [0.717, 1.165) is 5.57 Å². The number of aliphatic imine (C=N–C) groups is 1. The number of allylic oxidation sites excluding steroid dienone is 4. The van der Waals surface area contributed by atoms with Crippen molar-refractivity contribution >= 4 is 41.5 Å². The third-order valence-corrected chi connectivity index (χ3v) is 8.01. The molecule has 0 radical (unpaired) electrons. The normalized spacial score (nSPS) is 19.0. The van der Waals surface area contributed by atoms with Gasteiger partial charge in [0.2, 0.25) is 5.91 Å². The molecule has 0 saturated carbocycles. The zero-order valence-electron chi connectivity index (χ0n) is 23.6. The van der Waals surface area contributed by atoms with E-state index in [0.29, 0.717) is 65.3 Å². The summed E-state index contributed by atoms with van der Waals surface area (Å²) in [6.45, 7) is 16.1. The van der Waals surface area contributed by atoms with Crippen molar-refractivity contribution in [2.45, 2.75) is 39.8 Å². The minimum atomic E-state index is -0.574. The molecule has 2 aliphatic rings. The molecule has 2 aromatic heterocycles. The van der Waals surface area contributed by atoms with Crippen LogP contribution in [-0.2, 0) is 4.79 Å². The molecular formula is C31H32FN6O3+. The van der Waals surface area contributed by atoms with Gasteiger partial charge in [-0.15, -0.1) is 4.57 Å². The Balaban J connectivity index is 1.89. The van der Waals surface area contributed by atoms with Crippen LogP contribution in [-0.4, -0.2) is 59.0 Å². The molecule has 5 rings (SSSR count). The predicted octanol–water partition coefficient (Wildman–Crippen LogP) is 3.94. The van der Waals surface area contributed by atoms with E-state index < -0.39 is 17.5 Å². The number of rotatable bonds is 6. The van der Waals surface area contributed by atoms with Crippen LogP contribution in [0.3, 0.4) is 0 Å². The lowest BCUT2D eigenvalue weighted by molar-refractivity contribution is -0.680. The highest BCUT2D eigenvalue weighted by atomic mass is 19.1. The molecule has 9 nitrogen and oxygen atoms in total. The quantitative estimate of drug-likeness (QED) is 0.199. The van der Waals surface area contributed by atoms with Gasteiger partial charge in [0.05, 0.1) is 0 Å². The van der Waals surface area contributed by atoms with Crippen molar-refractivity contribution in [3.8, 4) is 11.3 Å². The number of carbonyl (C=O) groups is 2. The van der Waals surface area contributed by atoms with Gasteiger partial charge in [-0.05, 0) is 58.2 Å². The number of carbonyl (C=O) groups excluding carboxylic acids is 2. The van der Waals surface area contributed by atoms with Crippen LogP contribution in [0.25, 0.3) is 28.0 Å². The molecule has 10 heteroatoms. The van der Waals surface area contributed by atoms with Gasteiger partial charge in [-0.2, -0.15) is 4.98 Å². The van der Waals surface area contributed by atoms with Crippen molar-refractivity contribution in [1.29, 1.82) is 0 Å². The molecule has 0 aliphatic carbocycles. The summed E-state index contributed by atoms with van der Waals surface area (Å²) in [4.78, 5) is 50.7. The monoisotopic (exact) mass is 555 g/mol. The van der Waals surface area contributed by atoms with Crippen LogP contribution in [0.15, 0.2) is 70.1 Å². The Kier molecular flexibility index (Phi) is 7.25. The molecule has 210 valence electrons. The number of nitrogens with zero attached hydrogens (tertiary/aromatic N) is 6. The highest BCUT2D eigenvalue weighted by molar-refractivity contribution is 5.93. The fourth-order valence-electron chi connectivity index (χ4n) is 5.92. The lowest BCUT2D eigenvalue weighted by Crippen LogP contribution is -2.55. The second kappa shape index (κ2) is 10.7. The first kappa shape index (κ1) is 27.8. The van der Waals surface area contributed by atoms with E-state index in [1.165, 1.54) is 16.7 Å². The van der Waals surface area contributed by atoms with E-state index >= 15 is 4.39 Å². The largest absolute Gasteiger partial charge is 0.442 e. The van der Waals surface area contributed by atoms with Crippen LogP contribution in [0, 0.1) is 5.82 Å². The fourth-order valence-corrected chi connectivity index (χ4v) is 5.92. The SMILES string of the molecule is C=CC(=O)N1CCN(c2nc(=O)n3c4c2cc(F)c(-c2ccccc2C=O)[n+]4C(C)C(N=C)=C3/C(C)=C\C)[C@@H](C)C1. The summed E-state index contributed by atoms with van der Waals surface area (Å²) in [6, 6.07) is 7.40. The summed E-state index contributed by atoms with van der Waals surface area (Å²) in [5.41, 5.74) is 2.56. The minimum Gasteiger partial charge on any atom is -0.349 e. The summed E-state index contributed by atoms with van der Waals surface area (Å²) in [5.74, 6) is -0.409. The average molecular weight is 556 g/mol. The lowest BCUT2D eigenvalue weighted by atomic mass is 9.99. The molecule has 0 spiro atoms. The summed E-state index contributed by atoms with van der Waals surface area (Å²) >= 11 is 0. The highest BCUT2D eigenvalue weighted by Crippen LogP contribution is 2.38. The van der Waals surface area contributed by atoms with E-state index in [4.69, 9.17) is 0 Å². The van der Waals surface area contributed by atoms with Gasteiger partial charge in [0, 0.05) is 36.8 Å². The molecular weight excluding hydrogens is 523 g/mol. The Morgan fingerprint density at radius 1 is 1.24 bits per heavy atom. The maximum Gasteiger partial charge on any atom is 0.442 e. The predicted molar refractivity (Wildman–Crippen MR) is 157 cm³/mol. The van der Waals surface area contributed by atoms with Crippen molar-refractivity contribution in [3.05, 3.63) is 82.2 Å². The van der Waals surface area contributed by atoms with Gasteiger partial charge in [0.25, 0.3) is 0 Å². The number of hydrogen-bond donors (Lipinski definition) is 0. The van der Waals surface area contributed by atoms with Crippen molar-refractivity contribution in [1.82, 2.24) is 14.5 Å². The maximum absolute atomic E-state index is 16.4. The van der Waals surface area contributed by atoms with Crippen LogP contribution in [0.1, 0.15) is 44.1 Å². The van der Waals surface area contributed by atoms with E-state index in [2.05, 4.69) is 23.3 Å². The molecule has 1 aromatic carbocycles. The number of benzene rings is 1. The standard InChI is InChI=1S/C31H32FN6O3/c1-7-18(3)27-26(33-6)20(5)37-28(22-12-10-9-11-21(22)17-39)24(32)15-23-29(34-31(41)38(27)30(23)37)36-14-13-35(16-19(36)4)25(40)8-2/h7-12,15,17,19-20H,2,6,13-14,16H2,1,3-5H3/q+1/b18-7-/t19-,20?/m0/s1. The zero-order chi connectivity index (χ0) is 29.6. The minimum absolute atomic E-state index is 0.158. The Labute approximate surface area is 237 Å². The molecule has 2 aliphatic heterocycles. The van der Waals surface area contributed by atoms with Crippen LogP contribution in [0.2, 0.25) is 0 Å². The molecule has 1 unspecified atom stereocenters. The number of pyridine rings is 1. The summed E-state index contributed by atoms with van der Waals surface area (Å²) in [5, 5.41) is 0.432. The van der Waals surface area contributed by atoms with Gasteiger partial charge < -0.3 is 9.80 Å². The van der Waals surface area contributed by atoms with Crippen molar-refractivity contribution < 1.29 is 18.5 Å². The lowest BCUT2D eigenvalue weighted by Gasteiger charge is -2.40. The Bertz CT molecular complexity index is 1750. The molecule has 0 bridgehead atoms. The summed E-state index contributed by atoms with van der Waals surface area (Å²) in [6.07, 6.45) is 3.85. The van der Waals surface area contributed by atoms with Crippen LogP contribution in [0.5, 0.6) is 0 Å². The highest BCUT2D eigenvalue weighted by Gasteiger charge is 2.41. The van der Waals surface area contributed by atoms with E-state index in [1.54, 1.807) is 33.7 Å². The molecule has 4 heterocycles. The number of halogens is 1. The molecule has 1 amide bonds. The molecule has 3 aromatic rings. The van der Waals surface area contributed by atoms with E-state index in [9.17, 15) is 14.4 Å². The summed E-state index contributed by atoms with van der Waals surface area (Å²) in [7, 11) is 0. The Hall–Kier alpha value is -4.73. The van der Waals surface area contributed by atoms with Crippen molar-refractivity contribution in [2.24, 2.45) is 4.99 Å². The number of anilines is 1. The second-order valence-corrected chi connectivity index (χ2v) is 10.3. The van der Waals surface area contributed by atoms with Gasteiger partial charge in [-0.25, -0.2) is 13.8 Å². The van der Waals surface area contributed by atoms with Crippen molar-refractivity contribution in [2.75, 3.05) is 24.5 Å². The number of amides is 1. The van der Waals surface area contributed by atoms with E-state index in [-0.39, 0.29) is 17.6 Å².